The maximum atomic E-state index is 11.2. The van der Waals surface area contributed by atoms with E-state index >= 15 is 0 Å². The predicted molar refractivity (Wildman–Crippen MR) is 75.5 cm³/mol. The minimum atomic E-state index is -0.861. The van der Waals surface area contributed by atoms with Crippen molar-refractivity contribution in [2.24, 2.45) is 5.92 Å². The van der Waals surface area contributed by atoms with E-state index in [0.717, 1.165) is 18.7 Å². The molecule has 0 fully saturated rings. The van der Waals surface area contributed by atoms with Gasteiger partial charge in [-0.3, -0.25) is 0 Å². The highest BCUT2D eigenvalue weighted by atomic mass is 16.4. The van der Waals surface area contributed by atoms with Gasteiger partial charge in [0.2, 0.25) is 0 Å². The summed E-state index contributed by atoms with van der Waals surface area (Å²) in [6.07, 6.45) is 0.765. The summed E-state index contributed by atoms with van der Waals surface area (Å²) in [5, 5.41) is 9.24. The number of hydrogen-bond acceptors (Lipinski definition) is 1. The lowest BCUT2D eigenvalue weighted by molar-refractivity contribution is 0.0684. The zero-order valence-corrected chi connectivity index (χ0v) is 11.3. The number of hydrogen-bond donors (Lipinski definition) is 1. The molecule has 2 aromatic rings. The van der Waals surface area contributed by atoms with Crippen LogP contribution in [0.5, 0.6) is 0 Å². The number of carboxylic acid groups (broad SMARTS) is 1. The molecule has 0 aliphatic carbocycles. The third-order valence-electron chi connectivity index (χ3n) is 3.07. The Kier molecular flexibility index (Phi) is 4.05. The topological polar surface area (TPSA) is 42.2 Å². The molecule has 1 heterocycles. The van der Waals surface area contributed by atoms with E-state index < -0.39 is 5.97 Å². The first-order valence-corrected chi connectivity index (χ1v) is 6.53. The van der Waals surface area contributed by atoms with Gasteiger partial charge in [0, 0.05) is 18.7 Å². The van der Waals surface area contributed by atoms with Gasteiger partial charge in [-0.25, -0.2) is 4.79 Å². The molecule has 0 unspecified atom stereocenters. The van der Waals surface area contributed by atoms with E-state index in [1.807, 2.05) is 28.8 Å². The van der Waals surface area contributed by atoms with Crippen LogP contribution < -0.4 is 0 Å². The first-order valence-electron chi connectivity index (χ1n) is 6.53. The molecule has 0 amide bonds. The van der Waals surface area contributed by atoms with Crippen molar-refractivity contribution in [2.75, 3.05) is 0 Å². The Labute approximate surface area is 113 Å². The molecule has 0 aliphatic rings. The summed E-state index contributed by atoms with van der Waals surface area (Å²) in [6, 6.07) is 13.7. The van der Waals surface area contributed by atoms with Crippen LogP contribution in [0, 0.1) is 5.92 Å². The van der Waals surface area contributed by atoms with Crippen molar-refractivity contribution < 1.29 is 9.90 Å². The highest BCUT2D eigenvalue weighted by Crippen LogP contribution is 2.16. The van der Waals surface area contributed by atoms with Gasteiger partial charge >= 0.3 is 5.97 Å². The zero-order valence-electron chi connectivity index (χ0n) is 11.3. The van der Waals surface area contributed by atoms with Crippen molar-refractivity contribution in [3.63, 3.8) is 0 Å². The number of carbonyl (C=O) groups is 1. The summed E-state index contributed by atoms with van der Waals surface area (Å²) in [6.45, 7) is 4.92. The molecule has 0 atom stereocenters. The van der Waals surface area contributed by atoms with Gasteiger partial charge in [0.25, 0.3) is 0 Å². The molecular weight excluding hydrogens is 238 g/mol. The van der Waals surface area contributed by atoms with E-state index in [0.29, 0.717) is 11.6 Å². The molecule has 2 rings (SSSR count). The summed E-state index contributed by atoms with van der Waals surface area (Å²) in [4.78, 5) is 11.2. The molecule has 0 radical (unpaired) electrons. The quantitative estimate of drug-likeness (QED) is 0.891. The summed E-state index contributed by atoms with van der Waals surface area (Å²) in [7, 11) is 0. The highest BCUT2D eigenvalue weighted by molar-refractivity contribution is 5.86. The molecule has 100 valence electrons. The number of aromatic carboxylic acids is 1. The van der Waals surface area contributed by atoms with Crippen molar-refractivity contribution in [3.05, 3.63) is 59.4 Å². The van der Waals surface area contributed by atoms with Crippen LogP contribution >= 0.6 is 0 Å². The molecule has 1 N–H and O–H groups in total. The van der Waals surface area contributed by atoms with Gasteiger partial charge < -0.3 is 9.67 Å². The Balaban J connectivity index is 2.32. The van der Waals surface area contributed by atoms with Crippen LogP contribution in [-0.2, 0) is 13.0 Å². The smallest absolute Gasteiger partial charge is 0.352 e. The van der Waals surface area contributed by atoms with Crippen LogP contribution in [0.3, 0.4) is 0 Å². The Hall–Kier alpha value is -2.03. The molecule has 0 bridgehead atoms. The minimum absolute atomic E-state index is 0.375. The number of benzene rings is 1. The van der Waals surface area contributed by atoms with E-state index in [1.54, 1.807) is 6.07 Å². The average Bonchev–Trinajstić information content (AvgIpc) is 2.73. The molecule has 3 nitrogen and oxygen atoms in total. The second-order valence-electron chi connectivity index (χ2n) is 5.18. The van der Waals surface area contributed by atoms with Crippen LogP contribution in [0.1, 0.15) is 35.6 Å². The third kappa shape index (κ3) is 3.25. The standard InChI is InChI=1S/C16H19NO2/c1-12(2)11-17-14(8-9-15(17)16(18)19)10-13-6-4-3-5-7-13/h3-9,12H,10-11H2,1-2H3,(H,18,19). The van der Waals surface area contributed by atoms with Crippen molar-refractivity contribution in [3.8, 4) is 0 Å². The predicted octanol–water partition coefficient (Wildman–Crippen LogP) is 3.43. The molecule has 0 spiro atoms. The third-order valence-corrected chi connectivity index (χ3v) is 3.07. The molecular formula is C16H19NO2. The van der Waals surface area contributed by atoms with Gasteiger partial charge in [-0.2, -0.15) is 0 Å². The van der Waals surface area contributed by atoms with E-state index in [2.05, 4.69) is 26.0 Å². The molecule has 0 aliphatic heterocycles. The summed E-state index contributed by atoms with van der Waals surface area (Å²) >= 11 is 0. The van der Waals surface area contributed by atoms with Gasteiger partial charge in [-0.05, 0) is 23.6 Å². The Morgan fingerprint density at radius 2 is 1.84 bits per heavy atom. The lowest BCUT2D eigenvalue weighted by Crippen LogP contribution is -2.14. The monoisotopic (exact) mass is 257 g/mol. The summed E-state index contributed by atoms with van der Waals surface area (Å²) in [5.74, 6) is -0.444. The fourth-order valence-corrected chi connectivity index (χ4v) is 2.24. The average molecular weight is 257 g/mol. The number of nitrogens with zero attached hydrogens (tertiary/aromatic N) is 1. The second-order valence-corrected chi connectivity index (χ2v) is 5.18. The van der Waals surface area contributed by atoms with Gasteiger partial charge in [0.15, 0.2) is 0 Å². The number of carboxylic acids is 1. The first kappa shape index (κ1) is 13.4. The number of aromatic nitrogens is 1. The highest BCUT2D eigenvalue weighted by Gasteiger charge is 2.14. The van der Waals surface area contributed by atoms with E-state index in [9.17, 15) is 9.90 Å². The first-order chi connectivity index (χ1) is 9.08. The van der Waals surface area contributed by atoms with Crippen molar-refractivity contribution in [2.45, 2.75) is 26.8 Å². The lowest BCUT2D eigenvalue weighted by atomic mass is 10.1. The SMILES string of the molecule is CC(C)Cn1c(Cc2ccccc2)ccc1C(=O)O. The molecule has 19 heavy (non-hydrogen) atoms. The van der Waals surface area contributed by atoms with Crippen LogP contribution in [0.4, 0.5) is 0 Å². The van der Waals surface area contributed by atoms with Crippen LogP contribution in [0.25, 0.3) is 0 Å². The normalized spacial score (nSPS) is 10.9. The van der Waals surface area contributed by atoms with Gasteiger partial charge in [0.05, 0.1) is 0 Å². The van der Waals surface area contributed by atoms with Crippen molar-refractivity contribution in [1.82, 2.24) is 4.57 Å². The largest absolute Gasteiger partial charge is 0.477 e. The Bertz CT molecular complexity index is 555. The molecule has 1 aromatic carbocycles. The zero-order chi connectivity index (χ0) is 13.8. The molecule has 3 heteroatoms. The minimum Gasteiger partial charge on any atom is -0.477 e. The molecule has 0 saturated heterocycles. The van der Waals surface area contributed by atoms with Gasteiger partial charge in [-0.15, -0.1) is 0 Å². The maximum Gasteiger partial charge on any atom is 0.352 e. The summed E-state index contributed by atoms with van der Waals surface area (Å²) < 4.78 is 1.92. The molecule has 1 aromatic heterocycles. The second kappa shape index (κ2) is 5.74. The Morgan fingerprint density at radius 3 is 2.42 bits per heavy atom. The Morgan fingerprint density at radius 1 is 1.16 bits per heavy atom. The molecule has 0 saturated carbocycles. The van der Waals surface area contributed by atoms with Crippen molar-refractivity contribution >= 4 is 5.97 Å². The van der Waals surface area contributed by atoms with E-state index in [4.69, 9.17) is 0 Å². The lowest BCUT2D eigenvalue weighted by Gasteiger charge is -2.14. The van der Waals surface area contributed by atoms with E-state index in [-0.39, 0.29) is 0 Å². The maximum absolute atomic E-state index is 11.2. The number of rotatable bonds is 5. The summed E-state index contributed by atoms with van der Waals surface area (Å²) in [5.41, 5.74) is 2.62. The van der Waals surface area contributed by atoms with Gasteiger partial charge in [0.1, 0.15) is 5.69 Å². The fourth-order valence-electron chi connectivity index (χ4n) is 2.24. The van der Waals surface area contributed by atoms with Crippen molar-refractivity contribution in [1.29, 1.82) is 0 Å². The fraction of sp³-hybridized carbons (Fsp3) is 0.312. The van der Waals surface area contributed by atoms with E-state index in [1.165, 1.54) is 5.56 Å². The van der Waals surface area contributed by atoms with Crippen LogP contribution in [0.2, 0.25) is 0 Å². The van der Waals surface area contributed by atoms with Crippen LogP contribution in [0.15, 0.2) is 42.5 Å². The van der Waals surface area contributed by atoms with Gasteiger partial charge in [-0.1, -0.05) is 44.2 Å². The van der Waals surface area contributed by atoms with Crippen LogP contribution in [-0.4, -0.2) is 15.6 Å².